The Labute approximate surface area is 121 Å². The zero-order chi connectivity index (χ0) is 14.0. The first-order valence-electron chi connectivity index (χ1n) is 5.81. The van der Waals surface area contributed by atoms with E-state index in [0.29, 0.717) is 11.7 Å². The lowest BCUT2D eigenvalue weighted by Crippen LogP contribution is -1.99. The highest BCUT2D eigenvalue weighted by molar-refractivity contribution is 6.31. The highest BCUT2D eigenvalue weighted by Gasteiger charge is 2.13. The summed E-state index contributed by atoms with van der Waals surface area (Å²) >= 11 is 11.6. The first-order chi connectivity index (χ1) is 8.97. The number of halogens is 2. The molecule has 0 bridgehead atoms. The second-order valence-corrected chi connectivity index (χ2v) is 5.17. The maximum atomic E-state index is 5.90. The van der Waals surface area contributed by atoms with Crippen LogP contribution in [0.3, 0.4) is 0 Å². The molecule has 0 spiro atoms. The molecule has 0 radical (unpaired) electrons. The van der Waals surface area contributed by atoms with Crippen LogP contribution in [0.25, 0.3) is 0 Å². The van der Waals surface area contributed by atoms with Gasteiger partial charge in [-0.1, -0.05) is 37.6 Å². The van der Waals surface area contributed by atoms with E-state index < -0.39 is 0 Å². The number of ether oxygens (including phenoxy) is 1. The minimum absolute atomic E-state index is 0.00171. The molecule has 100 valence electrons. The zero-order valence-electron chi connectivity index (χ0n) is 10.8. The second-order valence-electron chi connectivity index (χ2n) is 4.47. The van der Waals surface area contributed by atoms with Crippen molar-refractivity contribution in [3.8, 4) is 11.6 Å². The maximum absolute atomic E-state index is 5.90. The lowest BCUT2D eigenvalue weighted by atomic mass is 10.0. The van der Waals surface area contributed by atoms with Crippen LogP contribution >= 0.6 is 23.2 Å². The summed E-state index contributed by atoms with van der Waals surface area (Å²) < 4.78 is 5.73. The first kappa shape index (κ1) is 14.0. The van der Waals surface area contributed by atoms with Gasteiger partial charge in [0.1, 0.15) is 5.75 Å². The van der Waals surface area contributed by atoms with Gasteiger partial charge in [0, 0.05) is 0 Å². The third-order valence-electron chi connectivity index (χ3n) is 2.59. The number of aromatic nitrogens is 3. The normalized spacial score (nSPS) is 10.8. The summed E-state index contributed by atoms with van der Waals surface area (Å²) in [5.41, 5.74) is 2.15. The number of rotatable bonds is 3. The molecule has 1 heterocycles. The van der Waals surface area contributed by atoms with E-state index in [1.54, 1.807) is 0 Å². The number of hydrogen-bond acceptors (Lipinski definition) is 4. The summed E-state index contributed by atoms with van der Waals surface area (Å²) in [6.07, 6.45) is 0. The molecule has 2 aromatic rings. The van der Waals surface area contributed by atoms with Crippen LogP contribution < -0.4 is 4.74 Å². The van der Waals surface area contributed by atoms with E-state index in [1.165, 1.54) is 0 Å². The minimum Gasteiger partial charge on any atom is -0.436 e. The molecule has 0 fully saturated rings. The molecule has 0 saturated heterocycles. The molecule has 0 N–H and O–H groups in total. The topological polar surface area (TPSA) is 47.9 Å². The van der Waals surface area contributed by atoms with E-state index in [0.717, 1.165) is 11.1 Å². The van der Waals surface area contributed by atoms with E-state index in [4.69, 9.17) is 27.9 Å². The van der Waals surface area contributed by atoms with Crippen LogP contribution in [0, 0.1) is 6.92 Å². The standard InChI is InChI=1S/C13H13Cl2N3O/c1-7(2)9-5-4-8(3)6-10(9)19-12-11(14)17-18-13(15)16-12/h4-7H,1-3H3. The Kier molecular flexibility index (Phi) is 4.22. The Balaban J connectivity index is 2.42. The summed E-state index contributed by atoms with van der Waals surface area (Å²) in [6, 6.07) is 6.00. The number of benzene rings is 1. The van der Waals surface area contributed by atoms with Crippen molar-refractivity contribution in [3.05, 3.63) is 39.8 Å². The lowest BCUT2D eigenvalue weighted by Gasteiger charge is -2.14. The van der Waals surface area contributed by atoms with Crippen LogP contribution in [0.1, 0.15) is 30.9 Å². The molecular formula is C13H13Cl2N3O. The highest BCUT2D eigenvalue weighted by atomic mass is 35.5. The van der Waals surface area contributed by atoms with Gasteiger partial charge in [-0.25, -0.2) is 0 Å². The summed E-state index contributed by atoms with van der Waals surface area (Å²) in [4.78, 5) is 3.94. The van der Waals surface area contributed by atoms with Gasteiger partial charge < -0.3 is 4.74 Å². The zero-order valence-corrected chi connectivity index (χ0v) is 12.3. The van der Waals surface area contributed by atoms with Gasteiger partial charge in [-0.15, -0.1) is 10.2 Å². The fourth-order valence-corrected chi connectivity index (χ4v) is 1.89. The SMILES string of the molecule is Cc1ccc(C(C)C)c(Oc2nc(Cl)nnc2Cl)c1. The van der Waals surface area contributed by atoms with Gasteiger partial charge in [-0.05, 0) is 41.6 Å². The Hall–Kier alpha value is -1.39. The molecule has 6 heteroatoms. The van der Waals surface area contributed by atoms with Gasteiger partial charge in [0.25, 0.3) is 5.88 Å². The number of hydrogen-bond donors (Lipinski definition) is 0. The van der Waals surface area contributed by atoms with Crippen LogP contribution in [0.5, 0.6) is 11.6 Å². The molecular weight excluding hydrogens is 285 g/mol. The predicted molar refractivity (Wildman–Crippen MR) is 75.2 cm³/mol. The van der Waals surface area contributed by atoms with Crippen molar-refractivity contribution in [2.75, 3.05) is 0 Å². The quantitative estimate of drug-likeness (QED) is 0.842. The molecule has 0 aliphatic rings. The van der Waals surface area contributed by atoms with Crippen molar-refractivity contribution >= 4 is 23.2 Å². The number of nitrogens with zero attached hydrogens (tertiary/aromatic N) is 3. The molecule has 0 saturated carbocycles. The van der Waals surface area contributed by atoms with Gasteiger partial charge in [0.2, 0.25) is 10.4 Å². The van der Waals surface area contributed by atoms with Crippen LogP contribution in [0.15, 0.2) is 18.2 Å². The Morgan fingerprint density at radius 3 is 2.58 bits per heavy atom. The molecule has 2 rings (SSSR count). The average Bonchev–Trinajstić information content (AvgIpc) is 2.33. The van der Waals surface area contributed by atoms with Gasteiger partial charge in [0.05, 0.1) is 0 Å². The van der Waals surface area contributed by atoms with E-state index in [9.17, 15) is 0 Å². The number of aryl methyl sites for hydroxylation is 1. The molecule has 1 aromatic carbocycles. The molecule has 1 aromatic heterocycles. The van der Waals surface area contributed by atoms with Gasteiger partial charge in [-0.2, -0.15) is 4.98 Å². The Morgan fingerprint density at radius 1 is 1.16 bits per heavy atom. The van der Waals surface area contributed by atoms with Crippen molar-refractivity contribution in [2.45, 2.75) is 26.7 Å². The smallest absolute Gasteiger partial charge is 0.262 e. The van der Waals surface area contributed by atoms with Crippen molar-refractivity contribution in [1.82, 2.24) is 15.2 Å². The summed E-state index contributed by atoms with van der Waals surface area (Å²) in [5, 5.41) is 7.30. The van der Waals surface area contributed by atoms with E-state index in [2.05, 4.69) is 29.0 Å². The van der Waals surface area contributed by atoms with Gasteiger partial charge >= 0.3 is 0 Å². The van der Waals surface area contributed by atoms with Crippen molar-refractivity contribution in [3.63, 3.8) is 0 Å². The van der Waals surface area contributed by atoms with Crippen molar-refractivity contribution in [1.29, 1.82) is 0 Å². The maximum Gasteiger partial charge on any atom is 0.262 e. The van der Waals surface area contributed by atoms with Crippen LogP contribution in [-0.4, -0.2) is 15.2 Å². The molecule has 0 aliphatic heterocycles. The Bertz CT molecular complexity index is 602. The molecule has 0 aliphatic carbocycles. The largest absolute Gasteiger partial charge is 0.436 e. The fourth-order valence-electron chi connectivity index (χ4n) is 1.66. The summed E-state index contributed by atoms with van der Waals surface area (Å²) in [7, 11) is 0. The minimum atomic E-state index is -0.00171. The predicted octanol–water partition coefficient (Wildman–Crippen LogP) is 4.40. The first-order valence-corrected chi connectivity index (χ1v) is 6.57. The molecule has 4 nitrogen and oxygen atoms in total. The molecule has 0 amide bonds. The van der Waals surface area contributed by atoms with Crippen LogP contribution in [0.4, 0.5) is 0 Å². The van der Waals surface area contributed by atoms with Crippen molar-refractivity contribution < 1.29 is 4.74 Å². The van der Waals surface area contributed by atoms with E-state index in [1.807, 2.05) is 25.1 Å². The lowest BCUT2D eigenvalue weighted by molar-refractivity contribution is 0.449. The van der Waals surface area contributed by atoms with E-state index in [-0.39, 0.29) is 16.3 Å². The average molecular weight is 298 g/mol. The fraction of sp³-hybridized carbons (Fsp3) is 0.308. The van der Waals surface area contributed by atoms with E-state index >= 15 is 0 Å². The second kappa shape index (κ2) is 5.72. The van der Waals surface area contributed by atoms with Gasteiger partial charge in [-0.3, -0.25) is 0 Å². The Morgan fingerprint density at radius 2 is 1.89 bits per heavy atom. The van der Waals surface area contributed by atoms with Gasteiger partial charge in [0.15, 0.2) is 0 Å². The summed E-state index contributed by atoms with van der Waals surface area (Å²) in [6.45, 7) is 6.17. The third kappa shape index (κ3) is 3.33. The third-order valence-corrected chi connectivity index (χ3v) is 2.99. The van der Waals surface area contributed by atoms with Crippen LogP contribution in [0.2, 0.25) is 10.4 Å². The van der Waals surface area contributed by atoms with Crippen molar-refractivity contribution in [2.24, 2.45) is 0 Å². The van der Waals surface area contributed by atoms with Crippen LogP contribution in [-0.2, 0) is 0 Å². The monoisotopic (exact) mass is 297 g/mol. The molecule has 0 unspecified atom stereocenters. The summed E-state index contributed by atoms with van der Waals surface area (Å²) in [5.74, 6) is 1.18. The highest BCUT2D eigenvalue weighted by Crippen LogP contribution is 2.33. The molecule has 0 atom stereocenters. The molecule has 19 heavy (non-hydrogen) atoms.